The second kappa shape index (κ2) is 47.9. The Balaban J connectivity index is 4.54. The molecule has 350 valence electrons. The second-order valence-electron chi connectivity index (χ2n) is 17.6. The lowest BCUT2D eigenvalue weighted by atomic mass is 10.0. The van der Waals surface area contributed by atoms with E-state index in [0.717, 1.165) is 83.5 Å². The largest absolute Gasteiger partial charge is 0.462 e. The van der Waals surface area contributed by atoms with Crippen LogP contribution in [0.15, 0.2) is 48.6 Å². The number of rotatable bonds is 46. The number of hydrogen-bond acceptors (Lipinski definition) is 5. The molecule has 0 aliphatic heterocycles. The Kier molecular flexibility index (Phi) is 46.1. The molecule has 3 unspecified atom stereocenters. The maximum atomic E-state index is 13.2. The standard InChI is InChI=1S/C54H99NO5/c1-4-7-10-13-16-19-21-23-24-25-26-27-28-30-32-35-38-41-44-47-54(59)60-50(45-42-39-36-34-31-29-22-20-17-14-11-8-5-2)48-53(58)55-51(49-56)52(57)46-43-40-37-33-18-15-12-9-6-3/h16-17,19-20,22-24,29,50-52,56-57H,4-15,18,21,25-28,30-49H2,1-3H3,(H,55,58)/b19-16-,20-17+,24-23-,29-22+. The zero-order chi connectivity index (χ0) is 43.8. The number of aliphatic hydroxyl groups excluding tert-OH is 2. The van der Waals surface area contributed by atoms with Crippen molar-refractivity contribution >= 4 is 11.9 Å². The third-order valence-corrected chi connectivity index (χ3v) is 11.7. The predicted molar refractivity (Wildman–Crippen MR) is 259 cm³/mol. The van der Waals surface area contributed by atoms with E-state index in [-0.39, 0.29) is 24.9 Å². The topological polar surface area (TPSA) is 95.9 Å². The molecule has 0 rings (SSSR count). The molecule has 0 bridgehead atoms. The third kappa shape index (κ3) is 42.5. The minimum absolute atomic E-state index is 0.0626. The van der Waals surface area contributed by atoms with Gasteiger partial charge in [0.15, 0.2) is 0 Å². The van der Waals surface area contributed by atoms with Crippen LogP contribution in [0.25, 0.3) is 0 Å². The van der Waals surface area contributed by atoms with Gasteiger partial charge in [0.1, 0.15) is 6.10 Å². The van der Waals surface area contributed by atoms with Crippen LogP contribution in [0.5, 0.6) is 0 Å². The number of unbranched alkanes of at least 4 members (excludes halogenated alkanes) is 27. The fourth-order valence-electron chi connectivity index (χ4n) is 7.69. The van der Waals surface area contributed by atoms with E-state index in [1.165, 1.54) is 128 Å². The van der Waals surface area contributed by atoms with Gasteiger partial charge in [-0.2, -0.15) is 0 Å². The van der Waals surface area contributed by atoms with Gasteiger partial charge in [0, 0.05) is 6.42 Å². The van der Waals surface area contributed by atoms with E-state index in [1.54, 1.807) is 0 Å². The highest BCUT2D eigenvalue weighted by Gasteiger charge is 2.24. The molecule has 3 N–H and O–H groups in total. The Morgan fingerprint density at radius 1 is 0.500 bits per heavy atom. The highest BCUT2D eigenvalue weighted by molar-refractivity contribution is 5.77. The maximum absolute atomic E-state index is 13.2. The van der Waals surface area contributed by atoms with Gasteiger partial charge in [0.2, 0.25) is 5.91 Å². The molecule has 60 heavy (non-hydrogen) atoms. The van der Waals surface area contributed by atoms with Crippen LogP contribution in [-0.4, -0.2) is 46.9 Å². The summed E-state index contributed by atoms with van der Waals surface area (Å²) in [5.74, 6) is -0.495. The highest BCUT2D eigenvalue weighted by atomic mass is 16.5. The number of nitrogens with one attached hydrogen (secondary N) is 1. The Morgan fingerprint density at radius 3 is 1.40 bits per heavy atom. The van der Waals surface area contributed by atoms with Crippen LogP contribution in [0.2, 0.25) is 0 Å². The Bertz CT molecular complexity index is 1040. The van der Waals surface area contributed by atoms with Crippen LogP contribution in [0.4, 0.5) is 0 Å². The SMILES string of the molecule is CCCCC/C=C\C/C=C\CCCCCCCCCCCC(=O)OC(CCCCCC/C=C/C=C/CCCCC)CC(=O)NC(CO)C(O)CCCCCCCCCCC. The Labute approximate surface area is 372 Å². The molecular formula is C54H99NO5. The number of hydrogen-bond donors (Lipinski definition) is 3. The molecular weight excluding hydrogens is 743 g/mol. The van der Waals surface area contributed by atoms with Crippen molar-refractivity contribution in [1.82, 2.24) is 5.32 Å². The van der Waals surface area contributed by atoms with Crippen LogP contribution in [0, 0.1) is 0 Å². The van der Waals surface area contributed by atoms with Gasteiger partial charge in [0.05, 0.1) is 25.2 Å². The molecule has 6 nitrogen and oxygen atoms in total. The van der Waals surface area contributed by atoms with E-state index >= 15 is 0 Å². The summed E-state index contributed by atoms with van der Waals surface area (Å²) in [4.78, 5) is 26.1. The lowest BCUT2D eigenvalue weighted by Crippen LogP contribution is -2.46. The van der Waals surface area contributed by atoms with E-state index < -0.39 is 18.2 Å². The monoisotopic (exact) mass is 842 g/mol. The van der Waals surface area contributed by atoms with E-state index in [2.05, 4.69) is 74.7 Å². The number of carbonyl (C=O) groups excluding carboxylic acids is 2. The zero-order valence-electron chi connectivity index (χ0n) is 39.8. The van der Waals surface area contributed by atoms with E-state index in [9.17, 15) is 19.8 Å². The minimum Gasteiger partial charge on any atom is -0.462 e. The summed E-state index contributed by atoms with van der Waals surface area (Å²) < 4.78 is 5.92. The lowest BCUT2D eigenvalue weighted by molar-refractivity contribution is -0.151. The summed E-state index contributed by atoms with van der Waals surface area (Å²) in [6.07, 6.45) is 57.4. The van der Waals surface area contributed by atoms with Crippen LogP contribution in [0.1, 0.15) is 258 Å². The van der Waals surface area contributed by atoms with Gasteiger partial charge in [-0.1, -0.05) is 211 Å². The van der Waals surface area contributed by atoms with Crippen molar-refractivity contribution in [2.24, 2.45) is 0 Å². The molecule has 0 aromatic heterocycles. The number of esters is 1. The first-order chi connectivity index (χ1) is 29.5. The fraction of sp³-hybridized carbons (Fsp3) is 0.815. The van der Waals surface area contributed by atoms with Gasteiger partial charge < -0.3 is 20.3 Å². The average Bonchev–Trinajstić information content (AvgIpc) is 3.24. The molecule has 0 radical (unpaired) electrons. The smallest absolute Gasteiger partial charge is 0.306 e. The van der Waals surface area contributed by atoms with Crippen LogP contribution in [-0.2, 0) is 14.3 Å². The first-order valence-electron chi connectivity index (χ1n) is 25.9. The van der Waals surface area contributed by atoms with Gasteiger partial charge in [-0.3, -0.25) is 9.59 Å². The van der Waals surface area contributed by atoms with Gasteiger partial charge in [-0.25, -0.2) is 0 Å². The Hall–Kier alpha value is -2.18. The number of carbonyl (C=O) groups is 2. The van der Waals surface area contributed by atoms with Gasteiger partial charge in [-0.05, 0) is 83.5 Å². The third-order valence-electron chi connectivity index (χ3n) is 11.7. The van der Waals surface area contributed by atoms with Gasteiger partial charge in [-0.15, -0.1) is 0 Å². The second-order valence-corrected chi connectivity index (χ2v) is 17.6. The minimum atomic E-state index is -0.792. The molecule has 0 fully saturated rings. The maximum Gasteiger partial charge on any atom is 0.306 e. The molecule has 0 spiro atoms. The summed E-state index contributed by atoms with van der Waals surface area (Å²) in [5, 5.41) is 23.7. The molecule has 6 heteroatoms. The number of aliphatic hydroxyl groups is 2. The predicted octanol–water partition coefficient (Wildman–Crippen LogP) is 15.5. The van der Waals surface area contributed by atoms with Gasteiger partial charge in [0.25, 0.3) is 0 Å². The van der Waals surface area contributed by atoms with Crippen molar-refractivity contribution in [3.05, 3.63) is 48.6 Å². The summed E-state index contributed by atoms with van der Waals surface area (Å²) in [7, 11) is 0. The molecule has 0 heterocycles. The van der Waals surface area contributed by atoms with Crippen molar-refractivity contribution < 1.29 is 24.5 Å². The quantitative estimate of drug-likeness (QED) is 0.0246. The normalized spacial score (nSPS) is 13.6. The molecule has 1 amide bonds. The fourth-order valence-corrected chi connectivity index (χ4v) is 7.69. The molecule has 0 aliphatic carbocycles. The molecule has 0 saturated carbocycles. The van der Waals surface area contributed by atoms with E-state index in [0.29, 0.717) is 19.3 Å². The van der Waals surface area contributed by atoms with Crippen molar-refractivity contribution in [1.29, 1.82) is 0 Å². The van der Waals surface area contributed by atoms with Crippen molar-refractivity contribution in [2.75, 3.05) is 6.61 Å². The van der Waals surface area contributed by atoms with Crippen LogP contribution < -0.4 is 5.32 Å². The average molecular weight is 842 g/mol. The Morgan fingerprint density at radius 2 is 0.900 bits per heavy atom. The molecule has 3 atom stereocenters. The number of allylic oxidation sites excluding steroid dienone is 8. The lowest BCUT2D eigenvalue weighted by Gasteiger charge is -2.24. The summed E-state index contributed by atoms with van der Waals surface area (Å²) in [6.45, 7) is 6.41. The van der Waals surface area contributed by atoms with E-state index in [1.807, 2.05) is 0 Å². The molecule has 0 saturated heterocycles. The summed E-state index contributed by atoms with van der Waals surface area (Å²) >= 11 is 0. The zero-order valence-corrected chi connectivity index (χ0v) is 39.8. The molecule has 0 aromatic carbocycles. The number of amides is 1. The summed E-state index contributed by atoms with van der Waals surface area (Å²) in [6, 6.07) is -0.707. The van der Waals surface area contributed by atoms with Crippen LogP contribution >= 0.6 is 0 Å². The molecule has 0 aromatic rings. The van der Waals surface area contributed by atoms with Crippen molar-refractivity contribution in [3.63, 3.8) is 0 Å². The first kappa shape index (κ1) is 57.8. The highest BCUT2D eigenvalue weighted by Crippen LogP contribution is 2.17. The van der Waals surface area contributed by atoms with E-state index in [4.69, 9.17) is 4.74 Å². The number of ether oxygens (including phenoxy) is 1. The summed E-state index contributed by atoms with van der Waals surface area (Å²) in [5.41, 5.74) is 0. The van der Waals surface area contributed by atoms with Gasteiger partial charge >= 0.3 is 5.97 Å². The first-order valence-corrected chi connectivity index (χ1v) is 25.9. The molecule has 0 aliphatic rings. The van der Waals surface area contributed by atoms with Crippen molar-refractivity contribution in [3.8, 4) is 0 Å². The van der Waals surface area contributed by atoms with Crippen molar-refractivity contribution in [2.45, 2.75) is 277 Å². The van der Waals surface area contributed by atoms with Crippen LogP contribution in [0.3, 0.4) is 0 Å².